The summed E-state index contributed by atoms with van der Waals surface area (Å²) in [5, 5.41) is 18.6. The lowest BCUT2D eigenvalue weighted by Gasteiger charge is -2.33. The first-order chi connectivity index (χ1) is 8.47. The molecule has 2 rings (SSSR count). The van der Waals surface area contributed by atoms with Crippen molar-refractivity contribution in [2.24, 2.45) is 0 Å². The quantitative estimate of drug-likeness (QED) is 0.734. The number of fused-ring (bicyclic) bond motifs is 1. The minimum absolute atomic E-state index is 0.0422. The van der Waals surface area contributed by atoms with Gasteiger partial charge >= 0.3 is 5.56 Å². The van der Waals surface area contributed by atoms with Crippen LogP contribution in [0.2, 0.25) is 0 Å². The van der Waals surface area contributed by atoms with E-state index in [1.54, 1.807) is 6.07 Å². The first-order valence-electron chi connectivity index (χ1n) is 5.52. The van der Waals surface area contributed by atoms with E-state index >= 15 is 0 Å². The molecule has 1 N–H and O–H groups in total. The minimum Gasteiger partial charge on any atom is -0.501 e. The van der Waals surface area contributed by atoms with E-state index in [1.165, 1.54) is 9.47 Å². The number of carbonyl (C=O) groups is 1. The molecule has 0 fully saturated rings. The van der Waals surface area contributed by atoms with Crippen molar-refractivity contribution >= 4 is 5.91 Å². The van der Waals surface area contributed by atoms with E-state index in [1.807, 2.05) is 13.8 Å². The second kappa shape index (κ2) is 4.14. The van der Waals surface area contributed by atoms with Crippen molar-refractivity contribution in [3.63, 3.8) is 0 Å². The second-order valence-electron chi connectivity index (χ2n) is 4.29. The maximum absolute atomic E-state index is 12.2. The summed E-state index contributed by atoms with van der Waals surface area (Å²) in [7, 11) is 0. The number of nitriles is 1. The zero-order valence-electron chi connectivity index (χ0n) is 10.0. The van der Waals surface area contributed by atoms with Crippen molar-refractivity contribution in [3.8, 4) is 11.8 Å². The van der Waals surface area contributed by atoms with E-state index in [-0.39, 0.29) is 17.6 Å². The number of rotatable bonds is 1. The molecular weight excluding hydrogens is 236 g/mol. The van der Waals surface area contributed by atoms with Crippen molar-refractivity contribution in [1.29, 1.82) is 5.26 Å². The molecule has 0 bridgehead atoms. The van der Waals surface area contributed by atoms with Gasteiger partial charge in [0.2, 0.25) is 11.6 Å². The molecule has 1 amide bonds. The molecule has 94 valence electrons. The minimum atomic E-state index is -0.947. The summed E-state index contributed by atoms with van der Waals surface area (Å²) in [6.45, 7) is 4.44. The Hall–Kier alpha value is -2.36. The van der Waals surface area contributed by atoms with Crippen molar-refractivity contribution in [3.05, 3.63) is 21.9 Å². The zero-order chi connectivity index (χ0) is 13.4. The highest BCUT2D eigenvalue weighted by molar-refractivity contribution is 5.96. The lowest BCUT2D eigenvalue weighted by Crippen LogP contribution is -2.46. The molecule has 0 saturated carbocycles. The van der Waals surface area contributed by atoms with Gasteiger partial charge in [0.05, 0.1) is 0 Å². The Morgan fingerprint density at radius 3 is 2.61 bits per heavy atom. The van der Waals surface area contributed by atoms with E-state index in [9.17, 15) is 14.7 Å². The molecule has 18 heavy (non-hydrogen) atoms. The molecule has 1 aliphatic rings. The molecule has 1 aliphatic heterocycles. The molecule has 1 aromatic rings. The molecule has 0 aliphatic carbocycles. The van der Waals surface area contributed by atoms with Gasteiger partial charge in [-0.25, -0.2) is 0 Å². The monoisotopic (exact) mass is 248 g/mol. The van der Waals surface area contributed by atoms with Gasteiger partial charge in [-0.05, 0) is 13.8 Å². The average Bonchev–Trinajstić information content (AvgIpc) is 2.33. The summed E-state index contributed by atoms with van der Waals surface area (Å²) in [5.74, 6) is -1.29. The second-order valence-corrected chi connectivity index (χ2v) is 4.29. The van der Waals surface area contributed by atoms with E-state index in [0.717, 1.165) is 0 Å². The van der Waals surface area contributed by atoms with Gasteiger partial charge in [0.15, 0.2) is 5.69 Å². The van der Waals surface area contributed by atoms with Crippen molar-refractivity contribution in [1.82, 2.24) is 14.5 Å². The number of aromatic hydroxyl groups is 1. The van der Waals surface area contributed by atoms with Crippen LogP contribution in [0, 0.1) is 11.3 Å². The lowest BCUT2D eigenvalue weighted by molar-refractivity contribution is 0.0639. The van der Waals surface area contributed by atoms with E-state index in [0.29, 0.717) is 13.1 Å². The van der Waals surface area contributed by atoms with E-state index < -0.39 is 17.2 Å². The van der Waals surface area contributed by atoms with Gasteiger partial charge in [0.25, 0.3) is 5.91 Å². The highest BCUT2D eigenvalue weighted by Gasteiger charge is 2.31. The van der Waals surface area contributed by atoms with Crippen molar-refractivity contribution in [2.45, 2.75) is 26.4 Å². The van der Waals surface area contributed by atoms with Gasteiger partial charge < -0.3 is 14.6 Å². The molecule has 0 spiro atoms. The molecular formula is C11H12N4O3. The number of carbonyl (C=O) groups excluding carboxylic acids is 1. The summed E-state index contributed by atoms with van der Waals surface area (Å²) in [6.07, 6.45) is 0. The Bertz CT molecular complexity index is 612. The number of hydrogen-bond acceptors (Lipinski definition) is 5. The standard InChI is InChI=1S/C11H12N4O3/c1-6(2)14-3-4-15-7(5-12)13-10(17)9(16)8(15)11(14)18/h6,16H,3-4H2,1-2H3. The van der Waals surface area contributed by atoms with Crippen LogP contribution >= 0.6 is 0 Å². The summed E-state index contributed by atoms with van der Waals surface area (Å²) < 4.78 is 1.29. The number of amides is 1. The van der Waals surface area contributed by atoms with Crippen LogP contribution in [0.3, 0.4) is 0 Å². The fourth-order valence-electron chi connectivity index (χ4n) is 2.00. The predicted molar refractivity (Wildman–Crippen MR) is 61.0 cm³/mol. The van der Waals surface area contributed by atoms with Crippen molar-refractivity contribution < 1.29 is 9.90 Å². The first-order valence-corrected chi connectivity index (χ1v) is 5.52. The number of aromatic nitrogens is 2. The third-order valence-electron chi connectivity index (χ3n) is 2.91. The van der Waals surface area contributed by atoms with Crippen LogP contribution in [0.5, 0.6) is 5.75 Å². The summed E-state index contributed by atoms with van der Waals surface area (Å²) in [6, 6.07) is 1.72. The molecule has 7 nitrogen and oxygen atoms in total. The Balaban J connectivity index is 2.68. The van der Waals surface area contributed by atoms with Gasteiger partial charge in [0, 0.05) is 19.1 Å². The molecule has 2 heterocycles. The Labute approximate surface area is 103 Å². The lowest BCUT2D eigenvalue weighted by atomic mass is 10.2. The van der Waals surface area contributed by atoms with Crippen LogP contribution < -0.4 is 5.56 Å². The zero-order valence-corrected chi connectivity index (χ0v) is 10.0. The molecule has 0 atom stereocenters. The fourth-order valence-corrected chi connectivity index (χ4v) is 2.00. The molecule has 0 unspecified atom stereocenters. The summed E-state index contributed by atoms with van der Waals surface area (Å²) in [4.78, 5) is 28.5. The van der Waals surface area contributed by atoms with Gasteiger partial charge in [-0.15, -0.1) is 0 Å². The Morgan fingerprint density at radius 1 is 1.39 bits per heavy atom. The number of nitrogens with zero attached hydrogens (tertiary/aromatic N) is 4. The Kier molecular flexibility index (Phi) is 2.79. The SMILES string of the molecule is CC(C)N1CCn2c(C#N)nc(=O)c(O)c2C1=O. The van der Waals surface area contributed by atoms with E-state index in [4.69, 9.17) is 5.26 Å². The van der Waals surface area contributed by atoms with Crippen LogP contribution in [0.15, 0.2) is 4.79 Å². The third-order valence-corrected chi connectivity index (χ3v) is 2.91. The van der Waals surface area contributed by atoms with Gasteiger partial charge in [0.1, 0.15) is 6.07 Å². The van der Waals surface area contributed by atoms with Crippen LogP contribution in [0.1, 0.15) is 30.2 Å². The predicted octanol–water partition coefficient (Wildman–Crippen LogP) is -0.315. The van der Waals surface area contributed by atoms with Crippen LogP contribution in [-0.2, 0) is 6.54 Å². The van der Waals surface area contributed by atoms with Crippen LogP contribution in [-0.4, -0.2) is 38.1 Å². The number of hydrogen-bond donors (Lipinski definition) is 1. The largest absolute Gasteiger partial charge is 0.501 e. The van der Waals surface area contributed by atoms with E-state index in [2.05, 4.69) is 4.98 Å². The maximum Gasteiger partial charge on any atom is 0.316 e. The van der Waals surface area contributed by atoms with Crippen LogP contribution in [0.4, 0.5) is 0 Å². The highest BCUT2D eigenvalue weighted by atomic mass is 16.3. The summed E-state index contributed by atoms with van der Waals surface area (Å²) in [5.41, 5.74) is -1.09. The van der Waals surface area contributed by atoms with Crippen LogP contribution in [0.25, 0.3) is 0 Å². The third kappa shape index (κ3) is 1.62. The molecule has 1 aromatic heterocycles. The van der Waals surface area contributed by atoms with Crippen molar-refractivity contribution in [2.75, 3.05) is 6.54 Å². The smallest absolute Gasteiger partial charge is 0.316 e. The molecule has 0 radical (unpaired) electrons. The van der Waals surface area contributed by atoms with Gasteiger partial charge in [-0.3, -0.25) is 9.59 Å². The van der Waals surface area contributed by atoms with Gasteiger partial charge in [-0.1, -0.05) is 0 Å². The topological polar surface area (TPSA) is 99.2 Å². The molecule has 7 heteroatoms. The molecule has 0 aromatic carbocycles. The van der Waals surface area contributed by atoms with Gasteiger partial charge in [-0.2, -0.15) is 10.2 Å². The highest BCUT2D eigenvalue weighted by Crippen LogP contribution is 2.21. The fraction of sp³-hybridized carbons (Fsp3) is 0.455. The molecule has 0 saturated heterocycles. The Morgan fingerprint density at radius 2 is 2.06 bits per heavy atom. The average molecular weight is 248 g/mol. The first kappa shape index (κ1) is 12.1. The summed E-state index contributed by atoms with van der Waals surface area (Å²) >= 11 is 0. The normalized spacial score (nSPS) is 14.6. The maximum atomic E-state index is 12.2.